The number of fused-ring (bicyclic) bond motifs is 1. The number of anilines is 1. The normalized spacial score (nSPS) is 17.8. The van der Waals surface area contributed by atoms with Crippen LogP contribution >= 0.6 is 0 Å². The van der Waals surface area contributed by atoms with Crippen LogP contribution in [0.3, 0.4) is 0 Å². The minimum atomic E-state index is -1.83. The molecule has 36 heavy (non-hydrogen) atoms. The van der Waals surface area contributed by atoms with Gasteiger partial charge in [0, 0.05) is 51.1 Å². The van der Waals surface area contributed by atoms with Gasteiger partial charge in [0.1, 0.15) is 5.75 Å². The van der Waals surface area contributed by atoms with E-state index in [1.165, 1.54) is 7.11 Å². The van der Waals surface area contributed by atoms with Crippen molar-refractivity contribution in [1.82, 2.24) is 14.8 Å². The van der Waals surface area contributed by atoms with E-state index in [1.807, 2.05) is 24.3 Å². The smallest absolute Gasteiger partial charge is 0.260 e. The molecule has 2 atom stereocenters. The highest BCUT2D eigenvalue weighted by Gasteiger charge is 2.28. The summed E-state index contributed by atoms with van der Waals surface area (Å²) in [5.74, 6) is 0.249. The highest BCUT2D eigenvalue weighted by atomic mass is 32.2. The zero-order chi connectivity index (χ0) is 25.7. The summed E-state index contributed by atoms with van der Waals surface area (Å²) in [5, 5.41) is 10.6. The van der Waals surface area contributed by atoms with E-state index >= 15 is 0 Å². The zero-order valence-electron chi connectivity index (χ0n) is 20.2. The Morgan fingerprint density at radius 3 is 2.89 bits per heavy atom. The van der Waals surface area contributed by atoms with Gasteiger partial charge in [-0.1, -0.05) is 23.0 Å². The van der Waals surface area contributed by atoms with E-state index in [0.29, 0.717) is 47.5 Å². The number of carbonyl (C=O) groups excluding carboxylic acids is 1. The van der Waals surface area contributed by atoms with Crippen LogP contribution in [0.15, 0.2) is 59.1 Å². The van der Waals surface area contributed by atoms with Crippen molar-refractivity contribution in [3.05, 3.63) is 60.3 Å². The highest BCUT2D eigenvalue weighted by Crippen LogP contribution is 2.32. The van der Waals surface area contributed by atoms with Crippen LogP contribution in [-0.4, -0.2) is 72.3 Å². The molecule has 1 fully saturated rings. The van der Waals surface area contributed by atoms with Crippen LogP contribution in [0.4, 0.5) is 11.4 Å². The van der Waals surface area contributed by atoms with Crippen molar-refractivity contribution in [3.8, 4) is 5.75 Å². The molecule has 1 aliphatic heterocycles. The number of amides is 1. The molecule has 1 saturated heterocycles. The Labute approximate surface area is 212 Å². The van der Waals surface area contributed by atoms with Crippen LogP contribution in [0, 0.1) is 0 Å². The molecule has 1 aromatic heterocycles. The summed E-state index contributed by atoms with van der Waals surface area (Å²) in [6.45, 7) is 1.72. The lowest BCUT2D eigenvalue weighted by molar-refractivity contribution is -0.134. The number of aliphatic hydroxyl groups excluding tert-OH is 1. The molecule has 11 heteroatoms. The maximum atomic E-state index is 13.3. The summed E-state index contributed by atoms with van der Waals surface area (Å²) in [6, 6.07) is 14.1. The lowest BCUT2D eigenvalue weighted by atomic mass is 10.0. The second-order valence-electron chi connectivity index (χ2n) is 8.64. The highest BCUT2D eigenvalue weighted by molar-refractivity contribution is 7.69. The third kappa shape index (κ3) is 6.11. The Hall–Kier alpha value is -3.25. The van der Waals surface area contributed by atoms with E-state index in [4.69, 9.17) is 14.7 Å². The molecule has 1 amide bonds. The summed E-state index contributed by atoms with van der Waals surface area (Å²) >= 11 is 0. The summed E-state index contributed by atoms with van der Waals surface area (Å²) in [6.07, 6.45) is 1.96. The number of aliphatic hydroxyl groups is 1. The van der Waals surface area contributed by atoms with Crippen LogP contribution in [0.25, 0.3) is 10.9 Å². The van der Waals surface area contributed by atoms with Crippen molar-refractivity contribution >= 4 is 39.1 Å². The first-order chi connectivity index (χ1) is 17.4. The fraction of sp³-hybridized carbons (Fsp3) is 0.360. The molecule has 1 unspecified atom stereocenters. The van der Waals surface area contributed by atoms with Gasteiger partial charge in [-0.2, -0.15) is 0 Å². The largest absolute Gasteiger partial charge is 0.483 e. The number of rotatable bonds is 9. The van der Waals surface area contributed by atoms with Gasteiger partial charge in [-0.05, 0) is 48.4 Å². The van der Waals surface area contributed by atoms with Crippen LogP contribution in [0.2, 0.25) is 0 Å². The first-order valence-electron chi connectivity index (χ1n) is 11.6. The number of aromatic nitrogens is 1. The third-order valence-electron chi connectivity index (χ3n) is 6.21. The van der Waals surface area contributed by atoms with Crippen LogP contribution in [0.1, 0.15) is 18.0 Å². The van der Waals surface area contributed by atoms with Crippen LogP contribution in [0.5, 0.6) is 5.75 Å². The third-order valence-corrected chi connectivity index (χ3v) is 6.84. The lowest BCUT2D eigenvalue weighted by Crippen LogP contribution is -2.41. The summed E-state index contributed by atoms with van der Waals surface area (Å²) in [7, 11) is 1.21. The van der Waals surface area contributed by atoms with Gasteiger partial charge in [-0.15, -0.1) is 0 Å². The van der Waals surface area contributed by atoms with E-state index in [2.05, 4.69) is 14.2 Å². The van der Waals surface area contributed by atoms with E-state index in [0.717, 1.165) is 12.1 Å². The molecule has 192 valence electrons. The van der Waals surface area contributed by atoms with E-state index in [9.17, 15) is 14.1 Å². The molecule has 4 rings (SSSR count). The number of nitrogen functional groups attached to an aromatic ring is 1. The topological polar surface area (TPSA) is 131 Å². The van der Waals surface area contributed by atoms with Crippen LogP contribution in [-0.2, 0) is 24.1 Å². The Bertz CT molecular complexity index is 1310. The first-order valence-corrected chi connectivity index (χ1v) is 12.6. The molecule has 0 radical (unpaired) electrons. The number of hydrogen-bond donors (Lipinski definition) is 2. The molecule has 0 spiro atoms. The molecule has 0 saturated carbocycles. The maximum absolute atomic E-state index is 13.3. The van der Waals surface area contributed by atoms with E-state index in [1.54, 1.807) is 42.4 Å². The number of carbonyl (C=O) groups is 1. The number of β-amino-alcohol motifs (C(OH)–C–C–N with tert-alkyl or cyclic N) is 1. The molecule has 0 aliphatic carbocycles. The fourth-order valence-electron chi connectivity index (χ4n) is 4.30. The second kappa shape index (κ2) is 11.7. The molecule has 3 N–H and O–H groups in total. The van der Waals surface area contributed by atoms with Gasteiger partial charge in [0.15, 0.2) is 6.61 Å². The monoisotopic (exact) mass is 512 g/mol. The van der Waals surface area contributed by atoms with Gasteiger partial charge in [0.25, 0.3) is 5.91 Å². The summed E-state index contributed by atoms with van der Waals surface area (Å²) in [5.41, 5.74) is 8.45. The number of nitrogens with zero attached hydrogens (tertiary/aromatic N) is 4. The van der Waals surface area contributed by atoms with Crippen molar-refractivity contribution in [2.45, 2.75) is 18.6 Å². The standard InChI is InChI=1S/C25H30N5O5S/c1-29(22(15-30-12-10-19(31)14-30)17-5-3-6-18(26)13-17)24(32)16-35-23-9-8-21(28-36(33)34-2)25-20(23)7-4-11-27-25/h3-9,11,13,19,22,31H,10,12,14-16,26H2,1-2H3/q-1/t19-,22?/m0/s1. The number of hydrogen-bond acceptors (Lipinski definition) is 10. The Balaban J connectivity index is 1.53. The Kier molecular flexibility index (Phi) is 8.36. The lowest BCUT2D eigenvalue weighted by Gasteiger charge is -2.32. The van der Waals surface area contributed by atoms with Gasteiger partial charge < -0.3 is 33.2 Å². The van der Waals surface area contributed by atoms with Crippen molar-refractivity contribution in [2.75, 3.05) is 46.1 Å². The predicted molar refractivity (Wildman–Crippen MR) is 138 cm³/mol. The average Bonchev–Trinajstić information content (AvgIpc) is 3.30. The second-order valence-corrected chi connectivity index (χ2v) is 9.59. The van der Waals surface area contributed by atoms with E-state index in [-0.39, 0.29) is 24.7 Å². The van der Waals surface area contributed by atoms with Crippen molar-refractivity contribution < 1.29 is 23.0 Å². The number of likely N-dealkylation sites (tertiary alicyclic amines) is 1. The van der Waals surface area contributed by atoms with Crippen LogP contribution < -0.4 is 10.5 Å². The van der Waals surface area contributed by atoms with Crippen molar-refractivity contribution in [1.29, 1.82) is 0 Å². The number of benzene rings is 2. The molecule has 0 bridgehead atoms. The summed E-state index contributed by atoms with van der Waals surface area (Å²) in [4.78, 5) is 21.4. The molecule has 10 nitrogen and oxygen atoms in total. The van der Waals surface area contributed by atoms with Crippen molar-refractivity contribution in [3.63, 3.8) is 0 Å². The Morgan fingerprint density at radius 1 is 1.33 bits per heavy atom. The first kappa shape index (κ1) is 25.8. The van der Waals surface area contributed by atoms with Gasteiger partial charge >= 0.3 is 0 Å². The molecule has 2 aromatic carbocycles. The number of pyridine rings is 1. The quantitative estimate of drug-likeness (QED) is 0.331. The van der Waals surface area contributed by atoms with Gasteiger partial charge in [0.05, 0.1) is 23.3 Å². The average molecular weight is 513 g/mol. The van der Waals surface area contributed by atoms with Gasteiger partial charge in [-0.25, -0.2) is 0 Å². The SMILES string of the molecule is CO[S-](=O)=Nc1ccc(OCC(=O)N(C)C(CN2CC[C@H](O)C2)c2cccc(N)c2)c2cccnc12. The van der Waals surface area contributed by atoms with Gasteiger partial charge in [0.2, 0.25) is 0 Å². The van der Waals surface area contributed by atoms with Crippen molar-refractivity contribution in [2.24, 2.45) is 4.36 Å². The summed E-state index contributed by atoms with van der Waals surface area (Å²) < 4.78 is 26.4. The zero-order valence-corrected chi connectivity index (χ0v) is 21.1. The number of nitrogens with two attached hydrogens (primary N) is 1. The van der Waals surface area contributed by atoms with E-state index < -0.39 is 10.9 Å². The molecular formula is C25H30N5O5S-. The molecule has 1 aliphatic rings. The number of likely N-dealkylation sites (N-methyl/N-ethyl adjacent to an activating group) is 1. The molecule has 3 aromatic rings. The maximum Gasteiger partial charge on any atom is 0.260 e. The van der Waals surface area contributed by atoms with Gasteiger partial charge in [-0.3, -0.25) is 14.7 Å². The Morgan fingerprint density at radius 2 is 2.17 bits per heavy atom. The minimum Gasteiger partial charge on any atom is -0.483 e. The minimum absolute atomic E-state index is 0.192. The molecular weight excluding hydrogens is 482 g/mol. The predicted octanol–water partition coefficient (Wildman–Crippen LogP) is 2.80. The fourth-order valence-corrected chi connectivity index (χ4v) is 4.69. The molecule has 2 heterocycles. The number of ether oxygens (including phenoxy) is 1.